The third kappa shape index (κ3) is 5.10. The molecule has 7 nitrogen and oxygen atoms in total. The minimum atomic E-state index is -0.917. The standard InChI is InChI=1S/C21H25N3O4/c22-24-23-18-11-17(12-25)19(26)21(28-14-16-9-5-2-6-10-16)20(18)27-13-15-7-3-1-4-8-15/h1-10,17-21,25-26H,11-14H2/t17-,18+,19-,20+,21+/m1/s1. The molecule has 28 heavy (non-hydrogen) atoms. The summed E-state index contributed by atoms with van der Waals surface area (Å²) in [5.74, 6) is -0.437. The summed E-state index contributed by atoms with van der Waals surface area (Å²) in [6.07, 6.45) is -1.91. The number of azide groups is 1. The van der Waals surface area contributed by atoms with Crippen molar-refractivity contribution >= 4 is 0 Å². The van der Waals surface area contributed by atoms with Gasteiger partial charge in [0.1, 0.15) is 6.10 Å². The fourth-order valence-corrected chi connectivity index (χ4v) is 3.56. The van der Waals surface area contributed by atoms with E-state index >= 15 is 0 Å². The minimum absolute atomic E-state index is 0.213. The molecule has 0 saturated heterocycles. The Morgan fingerprint density at radius 1 is 0.929 bits per heavy atom. The fraction of sp³-hybridized carbons (Fsp3) is 0.429. The van der Waals surface area contributed by atoms with Gasteiger partial charge in [-0.15, -0.1) is 0 Å². The van der Waals surface area contributed by atoms with E-state index in [4.69, 9.17) is 15.0 Å². The van der Waals surface area contributed by atoms with E-state index in [-0.39, 0.29) is 13.2 Å². The number of hydrogen-bond donors (Lipinski definition) is 2. The van der Waals surface area contributed by atoms with Crippen LogP contribution in [0.4, 0.5) is 0 Å². The predicted octanol–water partition coefficient (Wildman–Crippen LogP) is 3.21. The van der Waals surface area contributed by atoms with E-state index in [9.17, 15) is 10.2 Å². The van der Waals surface area contributed by atoms with E-state index in [1.165, 1.54) is 0 Å². The summed E-state index contributed by atoms with van der Waals surface area (Å²) in [4.78, 5) is 2.94. The van der Waals surface area contributed by atoms with Crippen LogP contribution in [0, 0.1) is 5.92 Å². The molecule has 0 aliphatic heterocycles. The van der Waals surface area contributed by atoms with Gasteiger partial charge in [-0.2, -0.15) is 0 Å². The van der Waals surface area contributed by atoms with Gasteiger partial charge in [0.05, 0.1) is 31.5 Å². The molecule has 0 radical (unpaired) electrons. The second kappa shape index (κ2) is 10.2. The van der Waals surface area contributed by atoms with E-state index in [1.54, 1.807) is 0 Å². The zero-order valence-corrected chi connectivity index (χ0v) is 15.5. The molecule has 1 fully saturated rings. The molecule has 148 valence electrons. The number of aliphatic hydroxyl groups is 2. The van der Waals surface area contributed by atoms with Crippen LogP contribution < -0.4 is 0 Å². The number of rotatable bonds is 8. The molecule has 1 aliphatic rings. The SMILES string of the molecule is [N-]=[N+]=N[C@H]1C[C@H](CO)[C@@H](O)[C@H](OCc2ccccc2)[C@H]1OCc1ccccc1. The molecule has 0 heterocycles. The molecule has 3 rings (SSSR count). The maximum absolute atomic E-state index is 10.8. The normalized spacial score (nSPS) is 27.1. The lowest BCUT2D eigenvalue weighted by Crippen LogP contribution is -2.55. The van der Waals surface area contributed by atoms with Crippen molar-refractivity contribution in [1.82, 2.24) is 0 Å². The Bertz CT molecular complexity index is 768. The second-order valence-electron chi connectivity index (χ2n) is 6.96. The number of aliphatic hydroxyl groups excluding tert-OH is 2. The third-order valence-electron chi connectivity index (χ3n) is 5.07. The van der Waals surface area contributed by atoms with Gasteiger partial charge in [-0.05, 0) is 23.1 Å². The molecule has 0 spiro atoms. The topological polar surface area (TPSA) is 108 Å². The molecule has 0 unspecified atom stereocenters. The van der Waals surface area contributed by atoms with Crippen molar-refractivity contribution in [3.8, 4) is 0 Å². The highest BCUT2D eigenvalue weighted by molar-refractivity contribution is 5.15. The van der Waals surface area contributed by atoms with E-state index < -0.39 is 30.3 Å². The molecule has 2 N–H and O–H groups in total. The second-order valence-corrected chi connectivity index (χ2v) is 6.96. The molecule has 2 aromatic carbocycles. The fourth-order valence-electron chi connectivity index (χ4n) is 3.56. The molecule has 0 bridgehead atoms. The summed E-state index contributed by atoms with van der Waals surface area (Å²) in [5, 5.41) is 24.3. The molecular weight excluding hydrogens is 358 g/mol. The Morgan fingerprint density at radius 2 is 1.46 bits per heavy atom. The van der Waals surface area contributed by atoms with E-state index in [2.05, 4.69) is 10.0 Å². The molecule has 1 aliphatic carbocycles. The lowest BCUT2D eigenvalue weighted by Gasteiger charge is -2.42. The summed E-state index contributed by atoms with van der Waals surface area (Å²) in [5.41, 5.74) is 10.9. The molecule has 1 saturated carbocycles. The maximum Gasteiger partial charge on any atom is 0.111 e. The van der Waals surface area contributed by atoms with Crippen molar-refractivity contribution < 1.29 is 19.7 Å². The quantitative estimate of drug-likeness (QED) is 0.414. The maximum atomic E-state index is 10.8. The van der Waals surface area contributed by atoms with Gasteiger partial charge in [0.15, 0.2) is 0 Å². The average molecular weight is 383 g/mol. The van der Waals surface area contributed by atoms with Gasteiger partial charge >= 0.3 is 0 Å². The zero-order chi connectivity index (χ0) is 19.8. The van der Waals surface area contributed by atoms with Gasteiger partial charge in [-0.3, -0.25) is 0 Å². The first kappa shape index (κ1) is 20.3. The van der Waals surface area contributed by atoms with Crippen LogP contribution >= 0.6 is 0 Å². The molecule has 0 amide bonds. The van der Waals surface area contributed by atoms with Crippen molar-refractivity contribution in [2.45, 2.75) is 44.0 Å². The summed E-state index contributed by atoms with van der Waals surface area (Å²) >= 11 is 0. The minimum Gasteiger partial charge on any atom is -0.396 e. The van der Waals surface area contributed by atoms with E-state index in [1.807, 2.05) is 60.7 Å². The largest absolute Gasteiger partial charge is 0.396 e. The lowest BCUT2D eigenvalue weighted by molar-refractivity contribution is -0.177. The molecular formula is C21H25N3O4. The van der Waals surface area contributed by atoms with Crippen LogP contribution in [-0.2, 0) is 22.7 Å². The Morgan fingerprint density at radius 3 is 1.96 bits per heavy atom. The smallest absolute Gasteiger partial charge is 0.111 e. The van der Waals surface area contributed by atoms with Crippen LogP contribution in [-0.4, -0.2) is 41.2 Å². The van der Waals surface area contributed by atoms with Crippen molar-refractivity contribution in [3.63, 3.8) is 0 Å². The third-order valence-corrected chi connectivity index (χ3v) is 5.07. The van der Waals surface area contributed by atoms with E-state index in [0.29, 0.717) is 13.0 Å². The summed E-state index contributed by atoms with van der Waals surface area (Å²) in [7, 11) is 0. The average Bonchev–Trinajstić information content (AvgIpc) is 2.74. The molecule has 0 aromatic heterocycles. The van der Waals surface area contributed by atoms with Crippen LogP contribution in [0.1, 0.15) is 17.5 Å². The van der Waals surface area contributed by atoms with Crippen molar-refractivity contribution in [2.24, 2.45) is 11.0 Å². The van der Waals surface area contributed by atoms with Crippen molar-refractivity contribution in [3.05, 3.63) is 82.2 Å². The van der Waals surface area contributed by atoms with Crippen LogP contribution in [0.3, 0.4) is 0 Å². The lowest BCUT2D eigenvalue weighted by atomic mass is 9.80. The Kier molecular flexibility index (Phi) is 7.42. The summed E-state index contributed by atoms with van der Waals surface area (Å²) in [6.45, 7) is 0.384. The highest BCUT2D eigenvalue weighted by Crippen LogP contribution is 2.32. The van der Waals surface area contributed by atoms with Gasteiger partial charge in [-0.1, -0.05) is 65.8 Å². The van der Waals surface area contributed by atoms with Crippen LogP contribution in [0.5, 0.6) is 0 Å². The number of benzene rings is 2. The number of ether oxygens (including phenoxy) is 2. The zero-order valence-electron chi connectivity index (χ0n) is 15.5. The number of nitrogens with zero attached hydrogens (tertiary/aromatic N) is 3. The first-order valence-corrected chi connectivity index (χ1v) is 9.37. The van der Waals surface area contributed by atoms with Crippen LogP contribution in [0.2, 0.25) is 0 Å². The van der Waals surface area contributed by atoms with Gasteiger partial charge in [0, 0.05) is 17.4 Å². The monoisotopic (exact) mass is 383 g/mol. The van der Waals surface area contributed by atoms with Gasteiger partial charge in [0.2, 0.25) is 0 Å². The Labute approximate surface area is 164 Å². The number of hydrogen-bond acceptors (Lipinski definition) is 5. The first-order chi connectivity index (χ1) is 13.7. The van der Waals surface area contributed by atoms with Gasteiger partial charge in [-0.25, -0.2) is 0 Å². The highest BCUT2D eigenvalue weighted by atomic mass is 16.5. The van der Waals surface area contributed by atoms with E-state index in [0.717, 1.165) is 11.1 Å². The van der Waals surface area contributed by atoms with Gasteiger partial charge < -0.3 is 19.7 Å². The Hall–Kier alpha value is -2.41. The first-order valence-electron chi connectivity index (χ1n) is 9.37. The summed E-state index contributed by atoms with van der Waals surface area (Å²) < 4.78 is 12.1. The highest BCUT2D eigenvalue weighted by Gasteiger charge is 2.45. The van der Waals surface area contributed by atoms with Gasteiger partial charge in [0.25, 0.3) is 0 Å². The molecule has 2 aromatic rings. The van der Waals surface area contributed by atoms with Crippen molar-refractivity contribution in [2.75, 3.05) is 6.61 Å². The molecule has 5 atom stereocenters. The summed E-state index contributed by atoms with van der Waals surface area (Å²) in [6, 6.07) is 18.7. The van der Waals surface area contributed by atoms with Crippen molar-refractivity contribution in [1.29, 1.82) is 0 Å². The Balaban J connectivity index is 1.78. The molecule has 7 heteroatoms. The van der Waals surface area contributed by atoms with Crippen LogP contribution in [0.15, 0.2) is 65.8 Å². The predicted molar refractivity (Wildman–Crippen MR) is 104 cm³/mol. The van der Waals surface area contributed by atoms with Crippen LogP contribution in [0.25, 0.3) is 10.4 Å².